The molecule has 0 aromatic heterocycles. The Morgan fingerprint density at radius 1 is 0.391 bits per heavy atom. The number of aliphatic carboxylic acids is 1. The van der Waals surface area contributed by atoms with Crippen LogP contribution in [0.4, 0.5) is 33.7 Å². The molecule has 724 valence electrons. The Bertz CT molecular complexity index is 6850. The number of barbiturate groups is 1. The maximum Gasteiger partial charge on any atom is 0.341 e. The number of urea groups is 1. The zero-order valence-corrected chi connectivity index (χ0v) is 82.5. The number of aliphatic hydroxyl groups excluding tert-OH is 1. The molecule has 41 heteroatoms. The summed E-state index contributed by atoms with van der Waals surface area (Å²) in [6.45, 7) is 8.70. The molecule has 0 bridgehead atoms. The minimum absolute atomic E-state index is 0.00929. The minimum Gasteiger partial charge on any atom is -0.505 e. The van der Waals surface area contributed by atoms with Crippen molar-refractivity contribution in [3.63, 3.8) is 0 Å². The maximum absolute atomic E-state index is 14.9. The molecule has 12 aromatic carbocycles. The highest BCUT2D eigenvalue weighted by Gasteiger charge is 2.36. The van der Waals surface area contributed by atoms with Crippen molar-refractivity contribution in [2.75, 3.05) is 62.2 Å². The highest BCUT2D eigenvalue weighted by Crippen LogP contribution is 2.44. The molecule has 0 saturated carbocycles. The summed E-state index contributed by atoms with van der Waals surface area (Å²) < 4.78 is 182. The van der Waals surface area contributed by atoms with Crippen molar-refractivity contribution in [1.82, 2.24) is 9.80 Å². The number of carboxylic acid groups (broad SMARTS) is 1. The van der Waals surface area contributed by atoms with Gasteiger partial charge < -0.3 is 29.5 Å². The van der Waals surface area contributed by atoms with Gasteiger partial charge in [0.05, 0.1) is 56.1 Å². The first kappa shape index (κ1) is 111. The third kappa shape index (κ3) is 30.2. The van der Waals surface area contributed by atoms with Crippen molar-refractivity contribution in [3.05, 3.63) is 343 Å². The van der Waals surface area contributed by atoms with E-state index in [9.17, 15) is 89.9 Å². The number of carboxylic acids is 1. The number of benzene rings is 12. The highest BCUT2D eigenvalue weighted by molar-refractivity contribution is 7.93. The number of anilines is 2. The van der Waals surface area contributed by atoms with Crippen molar-refractivity contribution < 1.29 is 114 Å². The van der Waals surface area contributed by atoms with Gasteiger partial charge in [-0.05, 0) is 162 Å². The molecule has 0 atom stereocenters. The molecule has 138 heavy (non-hydrogen) atoms. The van der Waals surface area contributed by atoms with E-state index >= 15 is 0 Å². The number of ether oxygens (including phenoxy) is 3. The number of sulfone groups is 2. The van der Waals surface area contributed by atoms with Gasteiger partial charge in [0.1, 0.15) is 69.1 Å². The molecule has 0 aliphatic carbocycles. The van der Waals surface area contributed by atoms with Gasteiger partial charge in [-0.1, -0.05) is 251 Å². The van der Waals surface area contributed by atoms with E-state index in [-0.39, 0.29) is 135 Å². The molecule has 3 N–H and O–H groups in total. The molecule has 1 aliphatic heterocycles. The predicted octanol–water partition coefficient (Wildman–Crippen LogP) is 22.0. The van der Waals surface area contributed by atoms with Gasteiger partial charge in [0.25, 0.3) is 20.0 Å². The van der Waals surface area contributed by atoms with Crippen LogP contribution in [0.15, 0.2) is 288 Å². The van der Waals surface area contributed by atoms with E-state index in [1.807, 2.05) is 121 Å². The summed E-state index contributed by atoms with van der Waals surface area (Å²) >= 11 is 48.1. The fraction of sp³-hybridized carbons (Fsp3) is 0.144. The lowest BCUT2D eigenvalue weighted by Gasteiger charge is -2.26. The van der Waals surface area contributed by atoms with Crippen molar-refractivity contribution in [2.24, 2.45) is 0 Å². The normalized spacial score (nSPS) is 11.8. The summed E-state index contributed by atoms with van der Waals surface area (Å²) in [4.78, 5) is 75.9. The zero-order valence-electron chi connectivity index (χ0n) is 73.2. The molecule has 25 nitrogen and oxygen atoms in total. The Morgan fingerprint density at radius 2 is 0.674 bits per heavy atom. The second-order valence-electron chi connectivity index (χ2n) is 29.3. The first-order valence-corrected chi connectivity index (χ1v) is 49.3. The molecule has 0 unspecified atom stereocenters. The Labute approximate surface area is 833 Å². The fourth-order valence-electron chi connectivity index (χ4n) is 12.4. The number of carbonyl (C=O) groups is 7. The van der Waals surface area contributed by atoms with Crippen LogP contribution in [0, 0.1) is 23.3 Å². The first-order valence-electron chi connectivity index (χ1n) is 40.1. The largest absolute Gasteiger partial charge is 0.505 e. The molecule has 1 saturated heterocycles. The standard InChI is InChI=1S/C24H20Cl2FNO4S.C22H17Cl2FO4S.C21H16Cl2FNO3S.C21H15Cl2FO5S.C6H8N2O3.C3H6O2/c1-3-11-28(22-12-18(9-10-21(22)27)17-7-5-4-6-8-17)33(30,31)23-14-19(25)13-20(26)24(23)32-15-16(2)29;1-14(26)12-29-22-19(24)10-18(23)11-21(22)30(27,28)13-17-9-16(7-8-20(17)25)15-5-3-2-4-6-15;1-2-10-25(29(27,28)20-13-16(22)12-17(23)21(20)26)19-11-15(8-9-18(19)24)14-6-4-3-5-7-14;22-16-9-17(23)21(29-11-20(25)26)19(10-16)30(27,28)12-15-8-14(6-7-18(15)24)13-4-2-1-3-5-13;1-7-4(9)3-5(10)8(2)6(7)11;1-3(5)2-4/h3-10,12-14H,1,11,15H2,2H3;2-11H,12-13H2,1H3;2-9,11-13,26H,1,10H2;1-10H,11-12H2,(H,25,26);3H2,1-2H3;4H,2H2,1H3. The van der Waals surface area contributed by atoms with E-state index in [4.69, 9.17) is 117 Å². The van der Waals surface area contributed by atoms with Crippen LogP contribution < -0.4 is 22.8 Å². The second-order valence-corrected chi connectivity index (χ2v) is 40.3. The number of phenols is 1. The minimum atomic E-state index is -4.44. The summed E-state index contributed by atoms with van der Waals surface area (Å²) in [5, 5.41) is 26.4. The third-order valence-corrected chi connectivity index (χ3v) is 27.9. The van der Waals surface area contributed by atoms with Gasteiger partial charge in [0.2, 0.25) is 11.8 Å². The van der Waals surface area contributed by atoms with Crippen LogP contribution in [0.25, 0.3) is 44.5 Å². The number of Topliss-reactive ketones (excluding diaryl/α,β-unsaturated/α-hetero) is 3. The van der Waals surface area contributed by atoms with Gasteiger partial charge in [-0.15, -0.1) is 13.2 Å². The number of aliphatic hydroxyl groups is 1. The van der Waals surface area contributed by atoms with Crippen molar-refractivity contribution in [2.45, 2.75) is 58.3 Å². The first-order chi connectivity index (χ1) is 65.0. The number of hydrogen-bond donors (Lipinski definition) is 3. The molecule has 0 spiro atoms. The number of hydrogen-bond acceptors (Lipinski definition) is 20. The predicted molar refractivity (Wildman–Crippen MR) is 525 cm³/mol. The Morgan fingerprint density at radius 3 is 0.986 bits per heavy atom. The monoisotopic (exact) mass is 2120 g/mol. The van der Waals surface area contributed by atoms with Crippen LogP contribution in [0.5, 0.6) is 23.0 Å². The smallest absolute Gasteiger partial charge is 0.341 e. The lowest BCUT2D eigenvalue weighted by Crippen LogP contribution is -2.51. The Hall–Kier alpha value is -12.2. The molecule has 12 aromatic rings. The van der Waals surface area contributed by atoms with Crippen LogP contribution in [-0.2, 0) is 80.0 Å². The number of amides is 4. The van der Waals surface area contributed by atoms with Crippen LogP contribution in [-0.4, -0.2) is 154 Å². The number of aromatic hydroxyl groups is 1. The lowest BCUT2D eigenvalue weighted by molar-refractivity contribution is -0.141. The number of nitrogens with zero attached hydrogens (tertiary/aromatic N) is 4. The number of rotatable bonds is 30. The van der Waals surface area contributed by atoms with Crippen LogP contribution >= 0.6 is 92.8 Å². The van der Waals surface area contributed by atoms with E-state index in [0.29, 0.717) is 22.3 Å². The van der Waals surface area contributed by atoms with E-state index < -0.39 is 132 Å². The van der Waals surface area contributed by atoms with Gasteiger partial charge in [-0.25, -0.2) is 60.8 Å². The molecule has 1 heterocycles. The van der Waals surface area contributed by atoms with Crippen LogP contribution in [0.3, 0.4) is 0 Å². The summed E-state index contributed by atoms with van der Waals surface area (Å²) in [6.07, 6.45) is 2.43. The molecule has 13 rings (SSSR count). The highest BCUT2D eigenvalue weighted by atomic mass is 35.5. The second kappa shape index (κ2) is 50.4. The fourth-order valence-corrected chi connectivity index (χ4v) is 21.3. The van der Waals surface area contributed by atoms with E-state index in [1.54, 1.807) is 24.3 Å². The summed E-state index contributed by atoms with van der Waals surface area (Å²) in [5.41, 5.74) is 5.32. The topological polar surface area (TPSA) is 357 Å². The average Bonchev–Trinajstić information content (AvgIpc) is 0.750. The number of phenolic OH excluding ortho intramolecular Hbond substituents is 1. The van der Waals surface area contributed by atoms with E-state index in [0.717, 1.165) is 58.9 Å². The number of sulfonamides is 2. The van der Waals surface area contributed by atoms with E-state index in [1.165, 1.54) is 126 Å². The summed E-state index contributed by atoms with van der Waals surface area (Å²) in [5.74, 6) is -8.66. The van der Waals surface area contributed by atoms with Gasteiger partial charge in [-0.3, -0.25) is 42.4 Å². The number of carbonyl (C=O) groups excluding carboxylic acids is 6. The molecule has 1 aliphatic rings. The van der Waals surface area contributed by atoms with Crippen molar-refractivity contribution in [3.8, 4) is 67.5 Å². The molecular weight excluding hydrogens is 2040 g/mol. The molecule has 0 radical (unpaired) electrons. The Kier molecular flexibility index (Phi) is 40.6. The number of imide groups is 2. The van der Waals surface area contributed by atoms with E-state index in [2.05, 4.69) is 13.2 Å². The summed E-state index contributed by atoms with van der Waals surface area (Å²) in [6, 6.07) is 62.4. The lowest BCUT2D eigenvalue weighted by atomic mass is 10.0. The summed E-state index contributed by atoms with van der Waals surface area (Å²) in [7, 11) is -14.4. The van der Waals surface area contributed by atoms with Crippen LogP contribution in [0.2, 0.25) is 40.2 Å². The van der Waals surface area contributed by atoms with Gasteiger partial charge in [0, 0.05) is 45.3 Å². The third-order valence-electron chi connectivity index (χ3n) is 19.0. The van der Waals surface area contributed by atoms with Gasteiger partial charge in [0.15, 0.2) is 66.6 Å². The zero-order chi connectivity index (χ0) is 102. The van der Waals surface area contributed by atoms with Crippen LogP contribution in [0.1, 0.15) is 38.3 Å². The SMILES string of the molecule is C=CCN(c1cc(-c2ccccc2)ccc1F)S(=O)(=O)c1cc(Cl)cc(Cl)c1O.C=CCN(c1cc(-c2ccccc2)ccc1F)S(=O)(=O)c1cc(Cl)cc(Cl)c1OCC(C)=O.CC(=O)CO.CC(=O)COc1c(Cl)cc(Cl)cc1S(=O)(=O)Cc1cc(-c2ccccc2)ccc1F.CN1C(=O)CC(=O)N(C)C1=O.O=C(O)COc1c(Cl)cc(Cl)cc1S(=O)(=O)Cc1cc(-c2ccccc2)ccc1F. The number of halogens is 12. The van der Waals surface area contributed by atoms with Gasteiger partial charge >= 0.3 is 12.0 Å². The molecule has 1 fully saturated rings. The number of ketones is 3. The quantitative estimate of drug-likeness (QED) is 0.0214. The van der Waals surface area contributed by atoms with Crippen molar-refractivity contribution >= 4 is 185 Å². The average molecular weight is 2130 g/mol. The van der Waals surface area contributed by atoms with Crippen molar-refractivity contribution in [1.29, 1.82) is 0 Å². The maximum atomic E-state index is 14.9. The molecular formula is C97H82Cl8F4N4O21S4. The van der Waals surface area contributed by atoms with Gasteiger partial charge in [-0.2, -0.15) is 0 Å². The molecule has 4 amide bonds. The Balaban J connectivity index is 0.000000214.